The maximum Gasteiger partial charge on any atom is 0.407 e. The fraction of sp³-hybridized carbons (Fsp3) is 0.838. The molecule has 0 rings (SSSR count). The van der Waals surface area contributed by atoms with E-state index in [0.29, 0.717) is 79.2 Å². The average molecular weight is 838 g/mol. The number of ether oxygens (including phenoxy) is 8. The molecule has 0 spiro atoms. The van der Waals surface area contributed by atoms with Gasteiger partial charge >= 0.3 is 12.2 Å². The Morgan fingerprint density at radius 2 is 0.759 bits per heavy atom. The number of hydrogen-bond donors (Lipinski definition) is 7. The van der Waals surface area contributed by atoms with Gasteiger partial charge in [0.25, 0.3) is 0 Å². The molecule has 0 bridgehead atoms. The van der Waals surface area contributed by atoms with Gasteiger partial charge in [0.05, 0.1) is 85.3 Å². The molecule has 21 heteroatoms. The molecule has 0 aliphatic heterocycles. The third-order valence-corrected chi connectivity index (χ3v) is 6.87. The first-order valence-electron chi connectivity index (χ1n) is 19.7. The van der Waals surface area contributed by atoms with Crippen LogP contribution in [0.3, 0.4) is 0 Å². The fourth-order valence-corrected chi connectivity index (χ4v) is 4.23. The van der Waals surface area contributed by atoms with Gasteiger partial charge in [0.1, 0.15) is 11.2 Å². The molecule has 8 N–H and O–H groups in total. The van der Waals surface area contributed by atoms with Crippen molar-refractivity contribution in [1.82, 2.24) is 31.9 Å². The Morgan fingerprint density at radius 3 is 1.12 bits per heavy atom. The molecule has 0 aliphatic rings. The monoisotopic (exact) mass is 838 g/mol. The Morgan fingerprint density at radius 1 is 0.431 bits per heavy atom. The smallest absolute Gasteiger partial charge is 0.407 e. The number of carbonyl (C=O) groups is 6. The largest absolute Gasteiger partial charge is 0.444 e. The van der Waals surface area contributed by atoms with E-state index in [4.69, 9.17) is 43.6 Å². The van der Waals surface area contributed by atoms with Crippen LogP contribution >= 0.6 is 0 Å². The quantitative estimate of drug-likeness (QED) is 0.0396. The van der Waals surface area contributed by atoms with Gasteiger partial charge in [-0.1, -0.05) is 0 Å². The molecule has 0 unspecified atom stereocenters. The van der Waals surface area contributed by atoms with E-state index >= 15 is 0 Å². The third-order valence-electron chi connectivity index (χ3n) is 6.87. The second-order valence-electron chi connectivity index (χ2n) is 14.5. The van der Waals surface area contributed by atoms with E-state index in [2.05, 4.69) is 31.9 Å². The highest BCUT2D eigenvalue weighted by molar-refractivity contribution is 5.82. The summed E-state index contributed by atoms with van der Waals surface area (Å²) < 4.78 is 42.6. The summed E-state index contributed by atoms with van der Waals surface area (Å²) in [5.74, 6) is -1.37. The minimum atomic E-state index is -0.761. The maximum atomic E-state index is 12.2. The van der Waals surface area contributed by atoms with E-state index in [1.807, 2.05) is 0 Å². The molecule has 0 heterocycles. The van der Waals surface area contributed by atoms with E-state index in [0.717, 1.165) is 0 Å². The van der Waals surface area contributed by atoms with Crippen LogP contribution in [-0.2, 0) is 57.1 Å². The molecule has 0 aromatic carbocycles. The number of primary amides is 1. The van der Waals surface area contributed by atoms with E-state index in [1.54, 1.807) is 41.5 Å². The lowest BCUT2D eigenvalue weighted by Crippen LogP contribution is -2.45. The van der Waals surface area contributed by atoms with Gasteiger partial charge in [-0.3, -0.25) is 19.2 Å². The molecule has 6 amide bonds. The lowest BCUT2D eigenvalue weighted by Gasteiger charge is -2.19. The van der Waals surface area contributed by atoms with Crippen LogP contribution in [0.25, 0.3) is 0 Å². The van der Waals surface area contributed by atoms with Crippen LogP contribution in [0.5, 0.6) is 0 Å². The Labute approximate surface area is 342 Å². The van der Waals surface area contributed by atoms with Gasteiger partial charge < -0.3 is 75.5 Å². The second-order valence-corrected chi connectivity index (χ2v) is 14.5. The molecule has 58 heavy (non-hydrogen) atoms. The predicted molar refractivity (Wildman–Crippen MR) is 212 cm³/mol. The number of hydrogen-bond acceptors (Lipinski definition) is 15. The molecule has 0 radical (unpaired) electrons. The molecular weight excluding hydrogens is 766 g/mol. The number of alkyl carbamates (subject to hydrolysis) is 2. The van der Waals surface area contributed by atoms with E-state index in [1.165, 1.54) is 0 Å². The zero-order valence-electron chi connectivity index (χ0n) is 35.4. The zero-order chi connectivity index (χ0) is 43.5. The van der Waals surface area contributed by atoms with Crippen molar-refractivity contribution in [2.75, 3.05) is 119 Å². The number of carbonyl (C=O) groups excluding carboxylic acids is 6. The molecular formula is C37H71N7O14. The molecule has 338 valence electrons. The lowest BCUT2D eigenvalue weighted by atomic mass is 10.1. The minimum absolute atomic E-state index is 0.0374. The van der Waals surface area contributed by atoms with Crippen molar-refractivity contribution < 1.29 is 66.7 Å². The summed E-state index contributed by atoms with van der Waals surface area (Å²) in [6, 6.07) is -0.761. The van der Waals surface area contributed by atoms with Gasteiger partial charge in [-0.05, 0) is 48.0 Å². The van der Waals surface area contributed by atoms with Gasteiger partial charge in [0.15, 0.2) is 0 Å². The summed E-state index contributed by atoms with van der Waals surface area (Å²) in [5.41, 5.74) is 4.36. The third kappa shape index (κ3) is 39.0. The van der Waals surface area contributed by atoms with Gasteiger partial charge in [-0.15, -0.1) is 0 Å². The van der Waals surface area contributed by atoms with Gasteiger partial charge in [-0.25, -0.2) is 9.59 Å². The zero-order valence-corrected chi connectivity index (χ0v) is 35.4. The first-order valence-corrected chi connectivity index (χ1v) is 19.7. The Kier molecular flexibility index (Phi) is 31.8. The van der Waals surface area contributed by atoms with Crippen LogP contribution in [0.1, 0.15) is 67.2 Å². The van der Waals surface area contributed by atoms with Crippen molar-refractivity contribution in [2.45, 2.75) is 84.5 Å². The first-order chi connectivity index (χ1) is 27.5. The molecule has 0 aromatic rings. The summed E-state index contributed by atoms with van der Waals surface area (Å²) in [7, 11) is 0. The van der Waals surface area contributed by atoms with Crippen molar-refractivity contribution in [1.29, 1.82) is 0 Å². The van der Waals surface area contributed by atoms with E-state index in [9.17, 15) is 28.8 Å². The van der Waals surface area contributed by atoms with Crippen molar-refractivity contribution >= 4 is 35.8 Å². The van der Waals surface area contributed by atoms with Crippen molar-refractivity contribution in [3.63, 3.8) is 0 Å². The number of rotatable bonds is 35. The van der Waals surface area contributed by atoms with Crippen LogP contribution in [0.2, 0.25) is 0 Å². The predicted octanol–water partition coefficient (Wildman–Crippen LogP) is -0.512. The highest BCUT2D eigenvalue weighted by Crippen LogP contribution is 2.07. The first kappa shape index (κ1) is 54.1. The topological polar surface area (TPSA) is 274 Å². The van der Waals surface area contributed by atoms with Crippen LogP contribution in [0.4, 0.5) is 9.59 Å². The Balaban J connectivity index is 3.69. The number of amides is 6. The molecule has 0 aromatic heterocycles. The highest BCUT2D eigenvalue weighted by atomic mass is 16.6. The Bertz CT molecular complexity index is 1150. The molecule has 0 saturated heterocycles. The molecule has 0 saturated carbocycles. The summed E-state index contributed by atoms with van der Waals surface area (Å²) in [6.07, 6.45) is -0.495. The van der Waals surface area contributed by atoms with Crippen LogP contribution < -0.4 is 37.6 Å². The van der Waals surface area contributed by atoms with Gasteiger partial charge in [0, 0.05) is 58.5 Å². The van der Waals surface area contributed by atoms with Crippen molar-refractivity contribution in [2.24, 2.45) is 5.73 Å². The van der Waals surface area contributed by atoms with E-state index in [-0.39, 0.29) is 82.8 Å². The lowest BCUT2D eigenvalue weighted by molar-refractivity contribution is -0.124. The maximum absolute atomic E-state index is 12.2. The summed E-state index contributed by atoms with van der Waals surface area (Å²) in [4.78, 5) is 71.2. The summed E-state index contributed by atoms with van der Waals surface area (Å²) in [6.45, 7) is 16.1. The second kappa shape index (κ2) is 34.0. The van der Waals surface area contributed by atoms with Crippen LogP contribution in [-0.4, -0.2) is 172 Å². The van der Waals surface area contributed by atoms with Crippen molar-refractivity contribution in [3.05, 3.63) is 0 Å². The summed E-state index contributed by atoms with van der Waals surface area (Å²) in [5, 5.41) is 16.2. The van der Waals surface area contributed by atoms with Gasteiger partial charge in [0.2, 0.25) is 23.6 Å². The molecule has 0 aliphatic carbocycles. The highest BCUT2D eigenvalue weighted by Gasteiger charge is 2.18. The Hall–Kier alpha value is -3.86. The van der Waals surface area contributed by atoms with Crippen molar-refractivity contribution in [3.8, 4) is 0 Å². The van der Waals surface area contributed by atoms with Crippen LogP contribution in [0.15, 0.2) is 0 Å². The fourth-order valence-electron chi connectivity index (χ4n) is 4.23. The van der Waals surface area contributed by atoms with Gasteiger partial charge in [-0.2, -0.15) is 0 Å². The number of nitrogens with one attached hydrogen (secondary N) is 6. The normalized spacial score (nSPS) is 12.0. The standard InChI is InChI=1S/C37H71N7O14/c1-36(2,3)57-34(49)43-15-19-53-23-27-55-25-21-51-17-9-31(46)41-12-11-39-29(33(38)48)7-8-30(45)40-13-14-42-32(47)10-18-52-22-26-56-28-24-54-20-16-44-35(50)58-37(4,5)6/h29,39H,7-28H2,1-6H3,(H2,38,48)(H,40,45)(H,41,46)(H,42,47)(H,43,49)(H,44,50)/t29-/m0/s1. The SMILES string of the molecule is CC(C)(C)OC(=O)NCCOCCOCCOCCC(=O)NCCNC(=O)CC[C@H](NCCNC(=O)CCOCCOCCOCCNC(=O)OC(C)(C)C)C(N)=O. The molecule has 1 atom stereocenters. The minimum Gasteiger partial charge on any atom is -0.444 e. The van der Waals surface area contributed by atoms with E-state index < -0.39 is 35.3 Å². The molecule has 0 fully saturated rings. The van der Waals surface area contributed by atoms with Crippen LogP contribution in [0, 0.1) is 0 Å². The average Bonchev–Trinajstić information content (AvgIpc) is 3.12. The summed E-state index contributed by atoms with van der Waals surface area (Å²) >= 11 is 0. The number of nitrogens with two attached hydrogens (primary N) is 1. The molecule has 21 nitrogen and oxygen atoms in total.